The Morgan fingerprint density at radius 3 is 2.62 bits per heavy atom. The molecule has 0 aromatic carbocycles. The Morgan fingerprint density at radius 1 is 1.56 bits per heavy atom. The molecule has 1 radical (unpaired) electrons. The number of anilines is 1. The summed E-state index contributed by atoms with van der Waals surface area (Å²) in [4.78, 5) is 14.5. The SMILES string of the molecule is Cc1cc([CH]C(N)=O)ncc1NS(C)(=O)=O. The zero-order valence-corrected chi connectivity index (χ0v) is 9.71. The molecular weight excluding hydrogens is 230 g/mol. The van der Waals surface area contributed by atoms with Crippen molar-refractivity contribution in [1.82, 2.24) is 4.98 Å². The summed E-state index contributed by atoms with van der Waals surface area (Å²) in [5.74, 6) is -0.601. The first-order valence-corrected chi connectivity index (χ1v) is 6.26. The van der Waals surface area contributed by atoms with Gasteiger partial charge in [-0.15, -0.1) is 0 Å². The molecule has 0 saturated heterocycles. The third-order valence-corrected chi connectivity index (χ3v) is 2.31. The Kier molecular flexibility index (Phi) is 3.48. The number of hydrogen-bond acceptors (Lipinski definition) is 4. The van der Waals surface area contributed by atoms with Gasteiger partial charge in [0.2, 0.25) is 15.9 Å². The molecule has 6 nitrogen and oxygen atoms in total. The summed E-state index contributed by atoms with van der Waals surface area (Å²) in [5, 5.41) is 0. The largest absolute Gasteiger partial charge is 0.369 e. The Balaban J connectivity index is 2.96. The Bertz CT molecular complexity index is 511. The summed E-state index contributed by atoms with van der Waals surface area (Å²) < 4.78 is 24.3. The lowest BCUT2D eigenvalue weighted by molar-refractivity contribution is -0.114. The van der Waals surface area contributed by atoms with Gasteiger partial charge in [-0.25, -0.2) is 8.42 Å². The van der Waals surface area contributed by atoms with Crippen LogP contribution in [0.4, 0.5) is 5.69 Å². The lowest BCUT2D eigenvalue weighted by Crippen LogP contribution is -2.14. The van der Waals surface area contributed by atoms with Gasteiger partial charge in [0.15, 0.2) is 0 Å². The number of pyridine rings is 1. The van der Waals surface area contributed by atoms with E-state index in [-0.39, 0.29) is 0 Å². The summed E-state index contributed by atoms with van der Waals surface area (Å²) in [7, 11) is -3.33. The highest BCUT2D eigenvalue weighted by Crippen LogP contribution is 2.15. The first-order chi connectivity index (χ1) is 7.28. The number of carbonyl (C=O) groups is 1. The maximum atomic E-state index is 11.0. The third-order valence-electron chi connectivity index (χ3n) is 1.72. The fraction of sp³-hybridized carbons (Fsp3) is 0.222. The van der Waals surface area contributed by atoms with E-state index in [0.717, 1.165) is 12.7 Å². The summed E-state index contributed by atoms with van der Waals surface area (Å²) in [5.41, 5.74) is 6.40. The summed E-state index contributed by atoms with van der Waals surface area (Å²) in [6.07, 6.45) is 3.55. The molecule has 0 aliphatic carbocycles. The van der Waals surface area contributed by atoms with Crippen LogP contribution in [-0.2, 0) is 14.8 Å². The first-order valence-electron chi connectivity index (χ1n) is 4.36. The van der Waals surface area contributed by atoms with Crippen molar-refractivity contribution in [2.45, 2.75) is 6.92 Å². The molecule has 1 aromatic rings. The summed E-state index contributed by atoms with van der Waals surface area (Å²) in [6.45, 7) is 1.70. The number of carbonyl (C=O) groups excluding carboxylic acids is 1. The third kappa shape index (κ3) is 3.85. The topological polar surface area (TPSA) is 102 Å². The van der Waals surface area contributed by atoms with Crippen molar-refractivity contribution in [1.29, 1.82) is 0 Å². The molecular formula is C9H12N3O3S. The van der Waals surface area contributed by atoms with Crippen molar-refractivity contribution in [2.75, 3.05) is 11.0 Å². The second kappa shape index (κ2) is 4.48. The molecule has 3 N–H and O–H groups in total. The molecule has 16 heavy (non-hydrogen) atoms. The Labute approximate surface area is 93.9 Å². The zero-order chi connectivity index (χ0) is 12.3. The van der Waals surface area contributed by atoms with Gasteiger partial charge in [-0.3, -0.25) is 14.5 Å². The summed E-state index contributed by atoms with van der Waals surface area (Å²) >= 11 is 0. The average molecular weight is 242 g/mol. The van der Waals surface area contributed by atoms with Crippen molar-refractivity contribution >= 4 is 21.6 Å². The predicted octanol–water partition coefficient (Wildman–Crippen LogP) is -0.201. The fourth-order valence-corrected chi connectivity index (χ4v) is 1.72. The van der Waals surface area contributed by atoms with Gasteiger partial charge in [0.1, 0.15) is 0 Å². The number of nitrogens with zero attached hydrogens (tertiary/aromatic N) is 1. The van der Waals surface area contributed by atoms with E-state index in [0.29, 0.717) is 16.9 Å². The van der Waals surface area contributed by atoms with Gasteiger partial charge in [0.05, 0.1) is 30.3 Å². The van der Waals surface area contributed by atoms with Crippen molar-refractivity contribution in [2.24, 2.45) is 5.73 Å². The van der Waals surface area contributed by atoms with Gasteiger partial charge < -0.3 is 5.73 Å². The van der Waals surface area contributed by atoms with E-state index in [9.17, 15) is 13.2 Å². The van der Waals surface area contributed by atoms with Crippen LogP contribution in [0.25, 0.3) is 0 Å². The van der Waals surface area contributed by atoms with Crippen molar-refractivity contribution in [3.8, 4) is 0 Å². The van der Waals surface area contributed by atoms with E-state index in [4.69, 9.17) is 5.73 Å². The Hall–Kier alpha value is -1.63. The van der Waals surface area contributed by atoms with E-state index in [1.54, 1.807) is 13.0 Å². The van der Waals surface area contributed by atoms with Crippen LogP contribution in [0.2, 0.25) is 0 Å². The molecule has 7 heteroatoms. The number of hydrogen-bond donors (Lipinski definition) is 2. The second-order valence-corrected chi connectivity index (χ2v) is 5.09. The van der Waals surface area contributed by atoms with Gasteiger partial charge in [-0.1, -0.05) is 0 Å². The lowest BCUT2D eigenvalue weighted by Gasteiger charge is -2.07. The van der Waals surface area contributed by atoms with Crippen LogP contribution in [0.3, 0.4) is 0 Å². The van der Waals surface area contributed by atoms with Crippen molar-refractivity contribution in [3.63, 3.8) is 0 Å². The lowest BCUT2D eigenvalue weighted by atomic mass is 10.2. The van der Waals surface area contributed by atoms with Gasteiger partial charge >= 0.3 is 0 Å². The molecule has 1 aromatic heterocycles. The van der Waals surface area contributed by atoms with Crippen LogP contribution in [0, 0.1) is 13.3 Å². The molecule has 0 fully saturated rings. The quantitative estimate of drug-likeness (QED) is 0.763. The highest BCUT2D eigenvalue weighted by atomic mass is 32.2. The van der Waals surface area contributed by atoms with E-state index in [1.807, 2.05) is 0 Å². The van der Waals surface area contributed by atoms with Gasteiger partial charge in [-0.2, -0.15) is 0 Å². The normalized spacial score (nSPS) is 11.1. The van der Waals surface area contributed by atoms with Crippen LogP contribution in [0.15, 0.2) is 12.3 Å². The minimum atomic E-state index is -3.33. The maximum absolute atomic E-state index is 11.0. The summed E-state index contributed by atoms with van der Waals surface area (Å²) in [6, 6.07) is 1.57. The van der Waals surface area contributed by atoms with Crippen molar-refractivity contribution in [3.05, 3.63) is 29.9 Å². The average Bonchev–Trinajstić information content (AvgIpc) is 2.06. The Morgan fingerprint density at radius 2 is 2.19 bits per heavy atom. The van der Waals surface area contributed by atoms with E-state index >= 15 is 0 Å². The van der Waals surface area contributed by atoms with Crippen LogP contribution >= 0.6 is 0 Å². The number of aryl methyl sites for hydroxylation is 1. The number of aromatic nitrogens is 1. The standard InChI is InChI=1S/C9H12N3O3S/c1-6-3-7(4-9(10)13)11-5-8(6)12-16(2,14)15/h3-5,12H,1-2H3,(H2,10,13). The van der Waals surface area contributed by atoms with E-state index in [1.165, 1.54) is 6.20 Å². The fourth-order valence-electron chi connectivity index (χ4n) is 1.11. The molecule has 0 aliphatic heterocycles. The van der Waals surface area contributed by atoms with Crippen molar-refractivity contribution < 1.29 is 13.2 Å². The number of nitrogens with one attached hydrogen (secondary N) is 1. The molecule has 1 amide bonds. The van der Waals surface area contributed by atoms with E-state index < -0.39 is 15.9 Å². The van der Waals surface area contributed by atoms with Gasteiger partial charge in [-0.05, 0) is 18.6 Å². The number of rotatable bonds is 4. The zero-order valence-electron chi connectivity index (χ0n) is 8.89. The highest BCUT2D eigenvalue weighted by molar-refractivity contribution is 7.92. The minimum Gasteiger partial charge on any atom is -0.369 e. The number of primary amides is 1. The van der Waals surface area contributed by atoms with Crippen LogP contribution in [-0.4, -0.2) is 25.6 Å². The maximum Gasteiger partial charge on any atom is 0.229 e. The smallest absolute Gasteiger partial charge is 0.229 e. The molecule has 1 rings (SSSR count). The number of sulfonamides is 1. The second-order valence-electron chi connectivity index (χ2n) is 3.35. The monoisotopic (exact) mass is 242 g/mol. The van der Waals surface area contributed by atoms with Gasteiger partial charge in [0.25, 0.3) is 0 Å². The minimum absolute atomic E-state index is 0.379. The van der Waals surface area contributed by atoms with Crippen LogP contribution < -0.4 is 10.5 Å². The highest BCUT2D eigenvalue weighted by Gasteiger charge is 2.07. The number of nitrogens with two attached hydrogens (primary N) is 1. The van der Waals surface area contributed by atoms with Crippen LogP contribution in [0.1, 0.15) is 11.3 Å². The molecule has 0 unspecified atom stereocenters. The number of amides is 1. The molecule has 0 spiro atoms. The molecule has 0 bridgehead atoms. The molecule has 87 valence electrons. The first kappa shape index (κ1) is 12.4. The molecule has 0 atom stereocenters. The van der Waals surface area contributed by atoms with Crippen LogP contribution in [0.5, 0.6) is 0 Å². The molecule has 0 aliphatic rings. The molecule has 0 saturated carbocycles. The molecule has 1 heterocycles. The van der Waals surface area contributed by atoms with E-state index in [2.05, 4.69) is 9.71 Å². The predicted molar refractivity (Wildman–Crippen MR) is 60.0 cm³/mol. The van der Waals surface area contributed by atoms with Gasteiger partial charge in [0, 0.05) is 0 Å².